The number of piperazine rings is 1. The third-order valence-electron chi connectivity index (χ3n) is 2.96. The van der Waals surface area contributed by atoms with Crippen LogP contribution in [-0.2, 0) is 0 Å². The highest BCUT2D eigenvalue weighted by Gasteiger charge is 2.15. The minimum Gasteiger partial charge on any atom is -0.369 e. The summed E-state index contributed by atoms with van der Waals surface area (Å²) in [6.45, 7) is 3.84. The molecule has 1 saturated heterocycles. The Balaban J connectivity index is 2.16. The molecule has 0 bridgehead atoms. The van der Waals surface area contributed by atoms with Crippen LogP contribution < -0.4 is 4.90 Å². The maximum Gasteiger partial charge on any atom is 0.140 e. The molecular weight excluding hydrogens is 203 g/mol. The summed E-state index contributed by atoms with van der Waals surface area (Å²) < 4.78 is 13.5. The van der Waals surface area contributed by atoms with Crippen LogP contribution in [0.2, 0.25) is 0 Å². The van der Waals surface area contributed by atoms with Gasteiger partial charge >= 0.3 is 0 Å². The molecule has 0 saturated carbocycles. The first-order valence-electron chi connectivity index (χ1n) is 5.36. The van der Waals surface area contributed by atoms with E-state index >= 15 is 0 Å². The normalized spacial score (nSPS) is 17.2. The standard InChI is InChI=1S/C13H14FN2/c1-3-11-4-5-12(10-13(11)14)16-8-6-15(2)7-9-16/h4-5,10H,6-9H2,2H3. The highest BCUT2D eigenvalue weighted by Crippen LogP contribution is 2.19. The lowest BCUT2D eigenvalue weighted by atomic mass is 10.1. The maximum absolute atomic E-state index is 13.5. The first kappa shape index (κ1) is 11.0. The molecule has 0 spiro atoms. The second kappa shape index (κ2) is 4.54. The molecule has 16 heavy (non-hydrogen) atoms. The smallest absolute Gasteiger partial charge is 0.140 e. The molecule has 1 radical (unpaired) electrons. The van der Waals surface area contributed by atoms with Crippen LogP contribution in [-0.4, -0.2) is 38.1 Å². The van der Waals surface area contributed by atoms with Crippen LogP contribution >= 0.6 is 0 Å². The lowest BCUT2D eigenvalue weighted by Crippen LogP contribution is -2.44. The SMILES string of the molecule is [C]#Cc1ccc(N2CCN(C)CC2)cc1F. The van der Waals surface area contributed by atoms with Crippen molar-refractivity contribution >= 4 is 5.69 Å². The average molecular weight is 217 g/mol. The van der Waals surface area contributed by atoms with E-state index < -0.39 is 0 Å². The predicted octanol–water partition coefficient (Wildman–Crippen LogP) is 1.52. The van der Waals surface area contributed by atoms with Gasteiger partial charge in [0.1, 0.15) is 5.82 Å². The minimum atomic E-state index is -0.369. The summed E-state index contributed by atoms with van der Waals surface area (Å²) in [5, 5.41) is 0. The summed E-state index contributed by atoms with van der Waals surface area (Å²) in [6.07, 6.45) is 6.92. The zero-order valence-electron chi connectivity index (χ0n) is 9.33. The van der Waals surface area contributed by atoms with Crippen molar-refractivity contribution in [3.63, 3.8) is 0 Å². The summed E-state index contributed by atoms with van der Waals surface area (Å²) in [5.74, 6) is 1.71. The second-order valence-corrected chi connectivity index (χ2v) is 4.08. The Hall–Kier alpha value is -1.53. The van der Waals surface area contributed by atoms with Gasteiger partial charge in [-0.25, -0.2) is 4.39 Å². The van der Waals surface area contributed by atoms with Gasteiger partial charge < -0.3 is 9.80 Å². The van der Waals surface area contributed by atoms with Gasteiger partial charge in [0.25, 0.3) is 0 Å². The molecule has 1 aromatic rings. The monoisotopic (exact) mass is 217 g/mol. The number of halogens is 1. The fourth-order valence-electron chi connectivity index (χ4n) is 1.87. The van der Waals surface area contributed by atoms with E-state index in [4.69, 9.17) is 6.42 Å². The average Bonchev–Trinajstić information content (AvgIpc) is 2.30. The third kappa shape index (κ3) is 2.17. The van der Waals surface area contributed by atoms with Crippen LogP contribution in [0.4, 0.5) is 10.1 Å². The molecule has 0 aliphatic carbocycles. The summed E-state index contributed by atoms with van der Waals surface area (Å²) in [4.78, 5) is 4.42. The summed E-state index contributed by atoms with van der Waals surface area (Å²) in [7, 11) is 2.09. The van der Waals surface area contributed by atoms with Crippen molar-refractivity contribution in [2.75, 3.05) is 38.1 Å². The first-order valence-corrected chi connectivity index (χ1v) is 5.36. The van der Waals surface area contributed by atoms with Crippen LogP contribution in [0.3, 0.4) is 0 Å². The molecule has 0 amide bonds. The van der Waals surface area contributed by atoms with Gasteiger partial charge in [-0.15, -0.1) is 0 Å². The number of rotatable bonds is 1. The molecule has 0 unspecified atom stereocenters. The Morgan fingerprint density at radius 3 is 2.50 bits per heavy atom. The van der Waals surface area contributed by atoms with Crippen LogP contribution in [0.5, 0.6) is 0 Å². The molecule has 0 N–H and O–H groups in total. The molecule has 1 aliphatic heterocycles. The van der Waals surface area contributed by atoms with Crippen LogP contribution in [0.15, 0.2) is 18.2 Å². The van der Waals surface area contributed by atoms with Crippen molar-refractivity contribution in [2.24, 2.45) is 0 Å². The Morgan fingerprint density at radius 1 is 1.25 bits per heavy atom. The number of anilines is 1. The van der Waals surface area contributed by atoms with E-state index in [0.29, 0.717) is 0 Å². The fourth-order valence-corrected chi connectivity index (χ4v) is 1.87. The highest BCUT2D eigenvalue weighted by molar-refractivity contribution is 5.51. The Kier molecular flexibility index (Phi) is 3.12. The molecule has 2 rings (SSSR count). The van der Waals surface area contributed by atoms with Crippen molar-refractivity contribution in [2.45, 2.75) is 0 Å². The highest BCUT2D eigenvalue weighted by atomic mass is 19.1. The zero-order valence-corrected chi connectivity index (χ0v) is 9.33. The quantitative estimate of drug-likeness (QED) is 0.658. The van der Waals surface area contributed by atoms with Crippen molar-refractivity contribution in [3.05, 3.63) is 36.0 Å². The molecule has 1 aromatic carbocycles. The Morgan fingerprint density at radius 2 is 1.94 bits per heavy atom. The van der Waals surface area contributed by atoms with Gasteiger partial charge in [-0.2, -0.15) is 0 Å². The van der Waals surface area contributed by atoms with E-state index in [1.165, 1.54) is 6.07 Å². The van der Waals surface area contributed by atoms with Crippen LogP contribution in [0, 0.1) is 18.2 Å². The van der Waals surface area contributed by atoms with Crippen molar-refractivity contribution in [1.82, 2.24) is 4.90 Å². The lowest BCUT2D eigenvalue weighted by Gasteiger charge is -2.34. The zero-order chi connectivity index (χ0) is 11.5. The molecule has 83 valence electrons. The predicted molar refractivity (Wildman–Crippen MR) is 62.3 cm³/mol. The summed E-state index contributed by atoms with van der Waals surface area (Å²) in [6, 6.07) is 4.95. The number of hydrogen-bond acceptors (Lipinski definition) is 2. The molecule has 0 aromatic heterocycles. The largest absolute Gasteiger partial charge is 0.369 e. The van der Waals surface area contributed by atoms with Crippen molar-refractivity contribution in [3.8, 4) is 5.92 Å². The topological polar surface area (TPSA) is 6.48 Å². The number of likely N-dealkylation sites (N-methyl/N-ethyl adjacent to an activating group) is 1. The van der Waals surface area contributed by atoms with Gasteiger partial charge in [0.2, 0.25) is 0 Å². The van der Waals surface area contributed by atoms with E-state index in [0.717, 1.165) is 31.9 Å². The molecule has 1 fully saturated rings. The van der Waals surface area contributed by atoms with E-state index in [2.05, 4.69) is 22.8 Å². The van der Waals surface area contributed by atoms with E-state index in [1.54, 1.807) is 6.07 Å². The van der Waals surface area contributed by atoms with Gasteiger partial charge in [-0.1, -0.05) is 0 Å². The molecule has 3 heteroatoms. The van der Waals surface area contributed by atoms with Gasteiger partial charge in [-0.3, -0.25) is 0 Å². The number of benzene rings is 1. The number of hydrogen-bond donors (Lipinski definition) is 0. The van der Waals surface area contributed by atoms with Crippen LogP contribution in [0.25, 0.3) is 0 Å². The second-order valence-electron chi connectivity index (χ2n) is 4.08. The van der Waals surface area contributed by atoms with Crippen LogP contribution in [0.1, 0.15) is 5.56 Å². The van der Waals surface area contributed by atoms with Gasteiger partial charge in [-0.05, 0) is 37.6 Å². The van der Waals surface area contributed by atoms with Crippen molar-refractivity contribution < 1.29 is 4.39 Å². The maximum atomic E-state index is 13.5. The first-order chi connectivity index (χ1) is 7.70. The van der Waals surface area contributed by atoms with Crippen molar-refractivity contribution in [1.29, 1.82) is 0 Å². The molecule has 2 nitrogen and oxygen atoms in total. The molecule has 0 atom stereocenters. The van der Waals surface area contributed by atoms with Gasteiger partial charge in [0.05, 0.1) is 5.56 Å². The summed E-state index contributed by atoms with van der Waals surface area (Å²) in [5.41, 5.74) is 1.11. The Bertz CT molecular complexity index is 414. The fraction of sp³-hybridized carbons (Fsp3) is 0.385. The summed E-state index contributed by atoms with van der Waals surface area (Å²) >= 11 is 0. The number of nitrogens with zero attached hydrogens (tertiary/aromatic N) is 2. The van der Waals surface area contributed by atoms with Gasteiger partial charge in [0, 0.05) is 31.9 Å². The molecule has 1 aliphatic rings. The third-order valence-corrected chi connectivity index (χ3v) is 2.96. The molecule has 1 heterocycles. The Labute approximate surface area is 95.7 Å². The molecular formula is C13H14FN2. The van der Waals surface area contributed by atoms with E-state index in [-0.39, 0.29) is 11.4 Å². The van der Waals surface area contributed by atoms with E-state index in [1.807, 2.05) is 6.07 Å². The van der Waals surface area contributed by atoms with Gasteiger partial charge in [0.15, 0.2) is 0 Å². The van der Waals surface area contributed by atoms with E-state index in [9.17, 15) is 4.39 Å². The minimum absolute atomic E-state index is 0.220. The lowest BCUT2D eigenvalue weighted by molar-refractivity contribution is 0.313.